The maximum absolute atomic E-state index is 11.9. The standard InChI is InChI=1S/C20H21N3O5S/c1-3-10-28-18-9-6-16(11-19(18)27-2)12-21-22-20(24)14-29-13-15-4-7-17(8-5-15)23(25)26/h3-9,11-12H,1,10,13-14H2,2H3,(H,22,24). The molecule has 1 amide bonds. The van der Waals surface area contributed by atoms with Crippen molar-refractivity contribution in [3.63, 3.8) is 0 Å². The van der Waals surface area contributed by atoms with Crippen LogP contribution in [0.1, 0.15) is 11.1 Å². The molecule has 0 aromatic heterocycles. The number of nitrogens with one attached hydrogen (secondary N) is 1. The average molecular weight is 415 g/mol. The third-order valence-electron chi connectivity index (χ3n) is 3.60. The molecular formula is C20H21N3O5S. The van der Waals surface area contributed by atoms with Gasteiger partial charge in [-0.3, -0.25) is 14.9 Å². The van der Waals surface area contributed by atoms with E-state index in [2.05, 4.69) is 17.1 Å². The lowest BCUT2D eigenvalue weighted by Gasteiger charge is -2.09. The Morgan fingerprint density at radius 2 is 2.03 bits per heavy atom. The van der Waals surface area contributed by atoms with E-state index in [4.69, 9.17) is 9.47 Å². The lowest BCUT2D eigenvalue weighted by molar-refractivity contribution is -0.384. The van der Waals surface area contributed by atoms with Crippen molar-refractivity contribution in [2.45, 2.75) is 5.75 Å². The smallest absolute Gasteiger partial charge is 0.269 e. The molecule has 0 unspecified atom stereocenters. The van der Waals surface area contributed by atoms with E-state index in [9.17, 15) is 14.9 Å². The van der Waals surface area contributed by atoms with E-state index in [1.54, 1.807) is 43.5 Å². The molecule has 0 aliphatic heterocycles. The fourth-order valence-electron chi connectivity index (χ4n) is 2.22. The van der Waals surface area contributed by atoms with Crippen molar-refractivity contribution in [2.75, 3.05) is 19.5 Å². The van der Waals surface area contributed by atoms with Gasteiger partial charge in [0.25, 0.3) is 5.69 Å². The molecule has 2 rings (SSSR count). The van der Waals surface area contributed by atoms with Gasteiger partial charge in [-0.1, -0.05) is 24.8 Å². The monoisotopic (exact) mass is 415 g/mol. The first-order chi connectivity index (χ1) is 14.0. The quantitative estimate of drug-likeness (QED) is 0.261. The minimum atomic E-state index is -0.445. The van der Waals surface area contributed by atoms with Gasteiger partial charge in [0.15, 0.2) is 11.5 Å². The highest BCUT2D eigenvalue weighted by Gasteiger charge is 2.06. The highest BCUT2D eigenvalue weighted by Crippen LogP contribution is 2.27. The summed E-state index contributed by atoms with van der Waals surface area (Å²) in [5, 5.41) is 14.6. The zero-order valence-corrected chi connectivity index (χ0v) is 16.7. The number of nitrogens with zero attached hydrogens (tertiary/aromatic N) is 2. The second-order valence-corrected chi connectivity index (χ2v) is 6.71. The molecule has 29 heavy (non-hydrogen) atoms. The molecular weight excluding hydrogens is 394 g/mol. The van der Waals surface area contributed by atoms with Crippen LogP contribution in [0.15, 0.2) is 60.2 Å². The normalized spacial score (nSPS) is 10.5. The van der Waals surface area contributed by atoms with Crippen LogP contribution in [0.4, 0.5) is 5.69 Å². The van der Waals surface area contributed by atoms with Crippen LogP contribution in [-0.2, 0) is 10.5 Å². The zero-order chi connectivity index (χ0) is 21.1. The summed E-state index contributed by atoms with van der Waals surface area (Å²) < 4.78 is 10.8. The second-order valence-electron chi connectivity index (χ2n) is 5.72. The van der Waals surface area contributed by atoms with Gasteiger partial charge in [0.05, 0.1) is 24.0 Å². The number of hydrogen-bond donors (Lipinski definition) is 1. The van der Waals surface area contributed by atoms with E-state index < -0.39 is 4.92 Å². The second kappa shape index (κ2) is 11.5. The Hall–Kier alpha value is -3.33. The molecule has 0 atom stereocenters. The molecule has 0 fully saturated rings. The third-order valence-corrected chi connectivity index (χ3v) is 4.60. The molecule has 0 aliphatic carbocycles. The number of ether oxygens (including phenoxy) is 2. The molecule has 2 aromatic carbocycles. The maximum atomic E-state index is 11.9. The molecule has 0 heterocycles. The number of benzene rings is 2. The number of carbonyl (C=O) groups excluding carboxylic acids is 1. The summed E-state index contributed by atoms with van der Waals surface area (Å²) in [5.74, 6) is 1.69. The predicted octanol–water partition coefficient (Wildman–Crippen LogP) is 3.55. The Bertz CT molecular complexity index is 884. The first-order valence-electron chi connectivity index (χ1n) is 8.58. The largest absolute Gasteiger partial charge is 0.493 e. The number of amides is 1. The molecule has 2 aromatic rings. The zero-order valence-electron chi connectivity index (χ0n) is 15.9. The number of carbonyl (C=O) groups is 1. The summed E-state index contributed by atoms with van der Waals surface area (Å²) in [6.45, 7) is 3.97. The van der Waals surface area contributed by atoms with Gasteiger partial charge in [-0.2, -0.15) is 5.10 Å². The number of non-ortho nitro benzene ring substituents is 1. The molecule has 1 N–H and O–H groups in total. The van der Waals surface area contributed by atoms with Gasteiger partial charge in [-0.15, -0.1) is 11.8 Å². The number of rotatable bonds is 11. The third kappa shape index (κ3) is 7.30. The van der Waals surface area contributed by atoms with E-state index in [0.717, 1.165) is 11.1 Å². The van der Waals surface area contributed by atoms with Gasteiger partial charge >= 0.3 is 0 Å². The summed E-state index contributed by atoms with van der Waals surface area (Å²) in [6.07, 6.45) is 3.16. The van der Waals surface area contributed by atoms with Crippen LogP contribution in [0.25, 0.3) is 0 Å². The molecule has 0 bridgehead atoms. The van der Waals surface area contributed by atoms with Crippen molar-refractivity contribution in [2.24, 2.45) is 5.10 Å². The van der Waals surface area contributed by atoms with Crippen LogP contribution in [0.5, 0.6) is 11.5 Å². The average Bonchev–Trinajstić information content (AvgIpc) is 2.73. The van der Waals surface area contributed by atoms with Crippen molar-refractivity contribution >= 4 is 29.6 Å². The summed E-state index contributed by atoms with van der Waals surface area (Å²) in [5.41, 5.74) is 4.15. The molecule has 9 heteroatoms. The molecule has 8 nitrogen and oxygen atoms in total. The predicted molar refractivity (Wildman–Crippen MR) is 114 cm³/mol. The Morgan fingerprint density at radius 3 is 2.69 bits per heavy atom. The topological polar surface area (TPSA) is 103 Å². The van der Waals surface area contributed by atoms with Crippen LogP contribution in [0.3, 0.4) is 0 Å². The van der Waals surface area contributed by atoms with Gasteiger partial charge in [0, 0.05) is 17.9 Å². The van der Waals surface area contributed by atoms with Crippen molar-refractivity contribution in [3.8, 4) is 11.5 Å². The number of hydrazone groups is 1. The Balaban J connectivity index is 1.78. The number of nitro benzene ring substituents is 1. The van der Waals surface area contributed by atoms with Crippen molar-refractivity contribution in [3.05, 3.63) is 76.4 Å². The van der Waals surface area contributed by atoms with Crippen LogP contribution in [0, 0.1) is 10.1 Å². The number of methoxy groups -OCH3 is 1. The highest BCUT2D eigenvalue weighted by molar-refractivity contribution is 7.99. The molecule has 152 valence electrons. The minimum absolute atomic E-state index is 0.0442. The highest BCUT2D eigenvalue weighted by atomic mass is 32.2. The Kier molecular flexibility index (Phi) is 8.71. The van der Waals surface area contributed by atoms with Crippen LogP contribution in [-0.4, -0.2) is 36.5 Å². The Labute approximate surface area is 172 Å². The number of thioether (sulfide) groups is 1. The van der Waals surface area contributed by atoms with Crippen LogP contribution >= 0.6 is 11.8 Å². The van der Waals surface area contributed by atoms with E-state index in [0.29, 0.717) is 23.9 Å². The van der Waals surface area contributed by atoms with Crippen LogP contribution in [0.2, 0.25) is 0 Å². The van der Waals surface area contributed by atoms with Gasteiger partial charge in [0.1, 0.15) is 6.61 Å². The summed E-state index contributed by atoms with van der Waals surface area (Å²) >= 11 is 1.39. The molecule has 0 radical (unpaired) electrons. The SMILES string of the molecule is C=CCOc1ccc(C=NNC(=O)CSCc2ccc([N+](=O)[O-])cc2)cc1OC. The lowest BCUT2D eigenvalue weighted by atomic mass is 10.2. The van der Waals surface area contributed by atoms with Gasteiger partial charge in [0.2, 0.25) is 5.91 Å². The molecule has 0 saturated heterocycles. The molecule has 0 aliphatic rings. The lowest BCUT2D eigenvalue weighted by Crippen LogP contribution is -2.19. The maximum Gasteiger partial charge on any atom is 0.269 e. The molecule has 0 spiro atoms. The fraction of sp³-hybridized carbons (Fsp3) is 0.200. The summed E-state index contributed by atoms with van der Waals surface area (Å²) in [4.78, 5) is 22.1. The van der Waals surface area contributed by atoms with Gasteiger partial charge in [-0.05, 0) is 29.3 Å². The van der Waals surface area contributed by atoms with Crippen LogP contribution < -0.4 is 14.9 Å². The summed E-state index contributed by atoms with van der Waals surface area (Å²) in [7, 11) is 1.54. The number of hydrogen-bond acceptors (Lipinski definition) is 7. The van der Waals surface area contributed by atoms with E-state index >= 15 is 0 Å². The Morgan fingerprint density at radius 1 is 1.28 bits per heavy atom. The first-order valence-corrected chi connectivity index (χ1v) is 9.73. The summed E-state index contributed by atoms with van der Waals surface area (Å²) in [6, 6.07) is 11.5. The van der Waals surface area contributed by atoms with Gasteiger partial charge in [-0.25, -0.2) is 5.43 Å². The van der Waals surface area contributed by atoms with E-state index in [1.807, 2.05) is 0 Å². The number of nitro groups is 1. The van der Waals surface area contributed by atoms with E-state index in [1.165, 1.54) is 30.1 Å². The van der Waals surface area contributed by atoms with Gasteiger partial charge < -0.3 is 9.47 Å². The van der Waals surface area contributed by atoms with Crippen molar-refractivity contribution in [1.29, 1.82) is 0 Å². The van der Waals surface area contributed by atoms with Crippen molar-refractivity contribution in [1.82, 2.24) is 5.43 Å². The minimum Gasteiger partial charge on any atom is -0.493 e. The van der Waals surface area contributed by atoms with E-state index in [-0.39, 0.29) is 17.3 Å². The fourth-order valence-corrected chi connectivity index (χ4v) is 3.00. The molecule has 0 saturated carbocycles. The van der Waals surface area contributed by atoms with Crippen molar-refractivity contribution < 1.29 is 19.2 Å². The first kappa shape index (κ1) is 22.0.